The van der Waals surface area contributed by atoms with Gasteiger partial charge in [0, 0.05) is 12.1 Å². The first kappa shape index (κ1) is 14.5. The number of non-ortho nitro benzene ring substituents is 1. The van der Waals surface area contributed by atoms with Crippen molar-refractivity contribution in [1.29, 1.82) is 0 Å². The summed E-state index contributed by atoms with van der Waals surface area (Å²) >= 11 is 0. The van der Waals surface area contributed by atoms with Crippen molar-refractivity contribution in [3.63, 3.8) is 0 Å². The van der Waals surface area contributed by atoms with Gasteiger partial charge in [-0.1, -0.05) is 12.1 Å². The summed E-state index contributed by atoms with van der Waals surface area (Å²) in [5, 5.41) is 19.4. The zero-order valence-electron chi connectivity index (χ0n) is 11.3. The number of aliphatic carboxylic acids is 1. The zero-order chi connectivity index (χ0) is 15.4. The Morgan fingerprint density at radius 1 is 1.24 bits per heavy atom. The van der Waals surface area contributed by atoms with Gasteiger partial charge < -0.3 is 9.84 Å². The summed E-state index contributed by atoms with van der Waals surface area (Å²) in [6.07, 6.45) is -0.0448. The molecule has 2 aromatic carbocycles. The van der Waals surface area contributed by atoms with Crippen molar-refractivity contribution < 1.29 is 19.6 Å². The molecule has 0 aliphatic heterocycles. The SMILES string of the molecule is Cc1cc([N+](=O)[O-])ccc1Oc1ccc(CC(=O)O)cc1. The van der Waals surface area contributed by atoms with Crippen LogP contribution in [0.2, 0.25) is 0 Å². The van der Waals surface area contributed by atoms with Gasteiger partial charge in [-0.2, -0.15) is 0 Å². The van der Waals surface area contributed by atoms with Crippen LogP contribution >= 0.6 is 0 Å². The minimum atomic E-state index is -0.894. The lowest BCUT2D eigenvalue weighted by Gasteiger charge is -2.09. The van der Waals surface area contributed by atoms with Gasteiger partial charge in [0.15, 0.2) is 0 Å². The third-order valence-corrected chi connectivity index (χ3v) is 2.88. The van der Waals surface area contributed by atoms with E-state index in [1.807, 2.05) is 0 Å². The summed E-state index contributed by atoms with van der Waals surface area (Å²) in [5.41, 5.74) is 1.34. The van der Waals surface area contributed by atoms with Gasteiger partial charge in [-0.25, -0.2) is 0 Å². The summed E-state index contributed by atoms with van der Waals surface area (Å²) in [7, 11) is 0. The molecule has 0 heterocycles. The van der Waals surface area contributed by atoms with E-state index in [4.69, 9.17) is 9.84 Å². The van der Waals surface area contributed by atoms with Crippen LogP contribution < -0.4 is 4.74 Å². The van der Waals surface area contributed by atoms with E-state index in [0.717, 1.165) is 0 Å². The predicted octanol–water partition coefficient (Wildman–Crippen LogP) is 3.32. The van der Waals surface area contributed by atoms with Crippen LogP contribution in [-0.2, 0) is 11.2 Å². The second-order valence-electron chi connectivity index (χ2n) is 4.52. The molecule has 0 radical (unpaired) electrons. The van der Waals surface area contributed by atoms with E-state index in [1.54, 1.807) is 37.3 Å². The third-order valence-electron chi connectivity index (χ3n) is 2.88. The predicted molar refractivity (Wildman–Crippen MR) is 75.7 cm³/mol. The average molecular weight is 287 g/mol. The lowest BCUT2D eigenvalue weighted by Crippen LogP contribution is -1.99. The molecule has 0 amide bonds. The molecule has 2 aromatic rings. The molecule has 6 nitrogen and oxygen atoms in total. The summed E-state index contributed by atoms with van der Waals surface area (Å²) in [4.78, 5) is 20.8. The first-order chi connectivity index (χ1) is 9.95. The van der Waals surface area contributed by atoms with Crippen molar-refractivity contribution in [1.82, 2.24) is 0 Å². The Bertz CT molecular complexity index is 679. The molecular formula is C15H13NO5. The normalized spacial score (nSPS) is 10.1. The first-order valence-electron chi connectivity index (χ1n) is 6.19. The number of nitrogens with zero attached hydrogens (tertiary/aromatic N) is 1. The lowest BCUT2D eigenvalue weighted by atomic mass is 10.1. The highest BCUT2D eigenvalue weighted by molar-refractivity contribution is 5.70. The topological polar surface area (TPSA) is 89.7 Å². The maximum atomic E-state index is 10.7. The van der Waals surface area contributed by atoms with E-state index in [9.17, 15) is 14.9 Å². The second kappa shape index (κ2) is 6.04. The van der Waals surface area contributed by atoms with Crippen molar-refractivity contribution in [2.75, 3.05) is 0 Å². The number of nitro groups is 1. The third kappa shape index (κ3) is 3.79. The highest BCUT2D eigenvalue weighted by Crippen LogP contribution is 2.28. The van der Waals surface area contributed by atoms with Crippen molar-refractivity contribution >= 4 is 11.7 Å². The van der Waals surface area contributed by atoms with Gasteiger partial charge >= 0.3 is 5.97 Å². The van der Waals surface area contributed by atoms with Crippen molar-refractivity contribution in [2.45, 2.75) is 13.3 Å². The van der Waals surface area contributed by atoms with Gasteiger partial charge in [0.1, 0.15) is 11.5 Å². The monoisotopic (exact) mass is 287 g/mol. The molecule has 0 unspecified atom stereocenters. The summed E-state index contributed by atoms with van der Waals surface area (Å²) in [6.45, 7) is 1.72. The lowest BCUT2D eigenvalue weighted by molar-refractivity contribution is -0.384. The highest BCUT2D eigenvalue weighted by atomic mass is 16.6. The largest absolute Gasteiger partial charge is 0.481 e. The van der Waals surface area contributed by atoms with Crippen LogP contribution in [0.3, 0.4) is 0 Å². The van der Waals surface area contributed by atoms with Crippen molar-refractivity contribution in [2.24, 2.45) is 0 Å². The van der Waals surface area contributed by atoms with Gasteiger partial charge in [0.05, 0.1) is 11.3 Å². The van der Waals surface area contributed by atoms with Crippen LogP contribution in [0.5, 0.6) is 11.5 Å². The quantitative estimate of drug-likeness (QED) is 0.673. The molecule has 0 saturated carbocycles. The first-order valence-corrected chi connectivity index (χ1v) is 6.19. The number of nitro benzene ring substituents is 1. The van der Waals surface area contributed by atoms with Crippen LogP contribution in [-0.4, -0.2) is 16.0 Å². The van der Waals surface area contributed by atoms with E-state index in [-0.39, 0.29) is 12.1 Å². The fraction of sp³-hybridized carbons (Fsp3) is 0.133. The summed E-state index contributed by atoms with van der Waals surface area (Å²) in [6, 6.07) is 11.0. The molecule has 0 bridgehead atoms. The van der Waals surface area contributed by atoms with E-state index in [2.05, 4.69) is 0 Å². The van der Waals surface area contributed by atoms with Crippen LogP contribution in [0.25, 0.3) is 0 Å². The maximum Gasteiger partial charge on any atom is 0.307 e. The van der Waals surface area contributed by atoms with E-state index >= 15 is 0 Å². The molecule has 0 aliphatic carbocycles. The number of ether oxygens (including phenoxy) is 1. The van der Waals surface area contributed by atoms with Crippen LogP contribution in [0.1, 0.15) is 11.1 Å². The fourth-order valence-corrected chi connectivity index (χ4v) is 1.84. The van der Waals surface area contributed by atoms with E-state index in [0.29, 0.717) is 22.6 Å². The molecular weight excluding hydrogens is 274 g/mol. The van der Waals surface area contributed by atoms with Crippen LogP contribution in [0.4, 0.5) is 5.69 Å². The molecule has 2 rings (SSSR count). The molecule has 0 aromatic heterocycles. The van der Waals surface area contributed by atoms with Gasteiger partial charge in [-0.3, -0.25) is 14.9 Å². The van der Waals surface area contributed by atoms with Gasteiger partial charge in [0.2, 0.25) is 0 Å². The number of carboxylic acids is 1. The maximum absolute atomic E-state index is 10.7. The molecule has 1 N–H and O–H groups in total. The number of aryl methyl sites for hydroxylation is 1. The van der Waals surface area contributed by atoms with Gasteiger partial charge in [0.25, 0.3) is 5.69 Å². The Morgan fingerprint density at radius 2 is 1.90 bits per heavy atom. The summed E-state index contributed by atoms with van der Waals surface area (Å²) in [5.74, 6) is 0.169. The summed E-state index contributed by atoms with van der Waals surface area (Å²) < 4.78 is 5.63. The Balaban J connectivity index is 2.14. The van der Waals surface area contributed by atoms with Gasteiger partial charge in [-0.15, -0.1) is 0 Å². The molecule has 0 atom stereocenters. The second-order valence-corrected chi connectivity index (χ2v) is 4.52. The number of carbonyl (C=O) groups is 1. The molecule has 0 spiro atoms. The van der Waals surface area contributed by atoms with Crippen molar-refractivity contribution in [3.05, 3.63) is 63.7 Å². The smallest absolute Gasteiger partial charge is 0.307 e. The molecule has 0 fully saturated rings. The molecule has 0 aliphatic rings. The average Bonchev–Trinajstić information content (AvgIpc) is 2.42. The van der Waals surface area contributed by atoms with Crippen LogP contribution in [0, 0.1) is 17.0 Å². The van der Waals surface area contributed by atoms with Crippen molar-refractivity contribution in [3.8, 4) is 11.5 Å². The number of benzene rings is 2. The Morgan fingerprint density at radius 3 is 2.43 bits per heavy atom. The number of hydrogen-bond donors (Lipinski definition) is 1. The van der Waals surface area contributed by atoms with E-state index < -0.39 is 10.9 Å². The molecule has 108 valence electrons. The number of hydrogen-bond acceptors (Lipinski definition) is 4. The molecule has 0 saturated heterocycles. The minimum Gasteiger partial charge on any atom is -0.481 e. The number of carboxylic acid groups (broad SMARTS) is 1. The minimum absolute atomic E-state index is 0.0108. The standard InChI is InChI=1S/C15H13NO5/c1-10-8-12(16(19)20)4-7-14(10)21-13-5-2-11(3-6-13)9-15(17)18/h2-8H,9H2,1H3,(H,17,18). The van der Waals surface area contributed by atoms with Gasteiger partial charge in [-0.05, 0) is 36.2 Å². The molecule has 21 heavy (non-hydrogen) atoms. The van der Waals surface area contributed by atoms with E-state index in [1.165, 1.54) is 12.1 Å². The Labute approximate surface area is 120 Å². The number of rotatable bonds is 5. The fourth-order valence-electron chi connectivity index (χ4n) is 1.84. The zero-order valence-corrected chi connectivity index (χ0v) is 11.3. The Hall–Kier alpha value is -2.89. The Kier molecular flexibility index (Phi) is 4.18. The highest BCUT2D eigenvalue weighted by Gasteiger charge is 2.09. The van der Waals surface area contributed by atoms with Crippen LogP contribution in [0.15, 0.2) is 42.5 Å². The molecule has 6 heteroatoms.